The number of amides is 2. The Bertz CT molecular complexity index is 794. The van der Waals surface area contributed by atoms with Crippen LogP contribution in [0.2, 0.25) is 5.02 Å². The molecular formula is C17H15ClN2O4. The smallest absolute Gasteiger partial charge is 0.244 e. The minimum Gasteiger partial charge on any atom is -0.454 e. The number of hydrogen-bond donors (Lipinski definition) is 1. The highest BCUT2D eigenvalue weighted by atomic mass is 35.5. The number of hydrogen-bond acceptors (Lipinski definition) is 4. The topological polar surface area (TPSA) is 67.9 Å². The molecule has 6 nitrogen and oxygen atoms in total. The van der Waals surface area contributed by atoms with E-state index in [0.29, 0.717) is 27.9 Å². The van der Waals surface area contributed by atoms with Crippen molar-refractivity contribution in [1.82, 2.24) is 0 Å². The molecule has 0 fully saturated rings. The Morgan fingerprint density at radius 3 is 2.71 bits per heavy atom. The van der Waals surface area contributed by atoms with Crippen LogP contribution >= 0.6 is 11.6 Å². The highest BCUT2D eigenvalue weighted by Crippen LogP contribution is 2.34. The van der Waals surface area contributed by atoms with Gasteiger partial charge in [0.25, 0.3) is 0 Å². The number of rotatable bonds is 4. The first-order valence-electron chi connectivity index (χ1n) is 7.26. The lowest BCUT2D eigenvalue weighted by atomic mass is 10.2. The van der Waals surface area contributed by atoms with Crippen LogP contribution in [0.1, 0.15) is 6.92 Å². The van der Waals surface area contributed by atoms with Gasteiger partial charge < -0.3 is 19.7 Å². The molecule has 0 spiro atoms. The molecule has 0 aromatic heterocycles. The average molecular weight is 347 g/mol. The summed E-state index contributed by atoms with van der Waals surface area (Å²) < 4.78 is 10.5. The van der Waals surface area contributed by atoms with Crippen LogP contribution in [0.15, 0.2) is 42.5 Å². The van der Waals surface area contributed by atoms with E-state index < -0.39 is 0 Å². The van der Waals surface area contributed by atoms with E-state index in [4.69, 9.17) is 21.1 Å². The van der Waals surface area contributed by atoms with E-state index in [-0.39, 0.29) is 25.2 Å². The fraction of sp³-hybridized carbons (Fsp3) is 0.176. The van der Waals surface area contributed by atoms with Crippen LogP contribution in [0.5, 0.6) is 11.5 Å². The number of fused-ring (bicyclic) bond motifs is 1. The summed E-state index contributed by atoms with van der Waals surface area (Å²) in [5.41, 5.74) is 1.13. The SMILES string of the molecule is CC(=O)N(CC(=O)Nc1ccc2c(c1)OCO2)c1cccc(Cl)c1. The second-order valence-corrected chi connectivity index (χ2v) is 5.64. The molecule has 2 aromatic rings. The largest absolute Gasteiger partial charge is 0.454 e. The van der Waals surface area contributed by atoms with Gasteiger partial charge in [-0.3, -0.25) is 9.59 Å². The zero-order valence-corrected chi connectivity index (χ0v) is 13.7. The van der Waals surface area contributed by atoms with Crippen LogP contribution in [0.25, 0.3) is 0 Å². The van der Waals surface area contributed by atoms with Crippen molar-refractivity contribution in [3.05, 3.63) is 47.5 Å². The molecule has 1 N–H and O–H groups in total. The summed E-state index contributed by atoms with van der Waals surface area (Å²) in [4.78, 5) is 25.5. The molecule has 7 heteroatoms. The maximum atomic E-state index is 12.3. The Hall–Kier alpha value is -2.73. The molecule has 1 aliphatic rings. The highest BCUT2D eigenvalue weighted by molar-refractivity contribution is 6.31. The monoisotopic (exact) mass is 346 g/mol. The molecule has 0 saturated heterocycles. The fourth-order valence-electron chi connectivity index (χ4n) is 2.35. The van der Waals surface area contributed by atoms with Crippen molar-refractivity contribution in [2.24, 2.45) is 0 Å². The molecule has 0 unspecified atom stereocenters. The Kier molecular flexibility index (Phi) is 4.57. The summed E-state index contributed by atoms with van der Waals surface area (Å²) in [5, 5.41) is 3.24. The maximum absolute atomic E-state index is 12.3. The lowest BCUT2D eigenvalue weighted by Gasteiger charge is -2.21. The van der Waals surface area contributed by atoms with Gasteiger partial charge in [0.05, 0.1) is 0 Å². The van der Waals surface area contributed by atoms with E-state index in [1.165, 1.54) is 11.8 Å². The minimum absolute atomic E-state index is 0.121. The van der Waals surface area contributed by atoms with E-state index in [0.717, 1.165) is 0 Å². The molecule has 0 aliphatic carbocycles. The Morgan fingerprint density at radius 2 is 1.96 bits per heavy atom. The maximum Gasteiger partial charge on any atom is 0.244 e. The van der Waals surface area contributed by atoms with E-state index in [1.807, 2.05) is 0 Å². The highest BCUT2D eigenvalue weighted by Gasteiger charge is 2.18. The third kappa shape index (κ3) is 3.60. The van der Waals surface area contributed by atoms with Gasteiger partial charge in [-0.1, -0.05) is 17.7 Å². The third-order valence-electron chi connectivity index (χ3n) is 3.46. The molecule has 0 saturated carbocycles. The average Bonchev–Trinajstić information content (AvgIpc) is 3.00. The molecule has 1 aliphatic heterocycles. The van der Waals surface area contributed by atoms with Crippen molar-refractivity contribution in [2.45, 2.75) is 6.92 Å². The molecular weight excluding hydrogens is 332 g/mol. The normalized spacial score (nSPS) is 11.9. The zero-order chi connectivity index (χ0) is 17.1. The minimum atomic E-state index is -0.330. The number of ether oxygens (including phenoxy) is 2. The molecule has 2 aromatic carbocycles. The van der Waals surface area contributed by atoms with Gasteiger partial charge in [-0.25, -0.2) is 0 Å². The van der Waals surface area contributed by atoms with Crippen molar-refractivity contribution in [3.63, 3.8) is 0 Å². The molecule has 0 bridgehead atoms. The van der Waals surface area contributed by atoms with Crippen molar-refractivity contribution < 1.29 is 19.1 Å². The second-order valence-electron chi connectivity index (χ2n) is 5.20. The Labute approximate surface area is 143 Å². The molecule has 0 radical (unpaired) electrons. The van der Waals surface area contributed by atoms with Crippen molar-refractivity contribution in [1.29, 1.82) is 0 Å². The summed E-state index contributed by atoms with van der Waals surface area (Å²) in [6, 6.07) is 11.9. The van der Waals surface area contributed by atoms with Crippen LogP contribution in [0.3, 0.4) is 0 Å². The van der Waals surface area contributed by atoms with Crippen LogP contribution in [-0.4, -0.2) is 25.2 Å². The lowest BCUT2D eigenvalue weighted by molar-refractivity contribution is -0.120. The summed E-state index contributed by atoms with van der Waals surface area (Å²) in [7, 11) is 0. The zero-order valence-electron chi connectivity index (χ0n) is 12.9. The molecule has 2 amide bonds. The van der Waals surface area contributed by atoms with Gasteiger partial charge in [-0.2, -0.15) is 0 Å². The van der Waals surface area contributed by atoms with Crippen LogP contribution in [0, 0.1) is 0 Å². The molecule has 1 heterocycles. The predicted molar refractivity (Wildman–Crippen MR) is 90.7 cm³/mol. The standard InChI is InChI=1S/C17H15ClN2O4/c1-11(21)20(14-4-2-3-12(18)7-14)9-17(22)19-13-5-6-15-16(8-13)24-10-23-15/h2-8H,9-10H2,1H3,(H,19,22). The van der Waals surface area contributed by atoms with Crippen molar-refractivity contribution >= 4 is 34.8 Å². The number of carbonyl (C=O) groups is 2. The van der Waals surface area contributed by atoms with Crippen molar-refractivity contribution in [3.8, 4) is 11.5 Å². The number of nitrogens with one attached hydrogen (secondary N) is 1. The number of carbonyl (C=O) groups excluding carboxylic acids is 2. The van der Waals surface area contributed by atoms with Crippen LogP contribution in [-0.2, 0) is 9.59 Å². The Balaban J connectivity index is 1.71. The van der Waals surface area contributed by atoms with E-state index in [2.05, 4.69) is 5.32 Å². The lowest BCUT2D eigenvalue weighted by Crippen LogP contribution is -2.36. The summed E-state index contributed by atoms with van der Waals surface area (Å²) in [6.45, 7) is 1.44. The molecule has 3 rings (SSSR count). The first kappa shape index (κ1) is 16.1. The van der Waals surface area contributed by atoms with Gasteiger partial charge in [0.2, 0.25) is 18.6 Å². The Morgan fingerprint density at radius 1 is 1.17 bits per heavy atom. The molecule has 0 atom stereocenters. The summed E-state index contributed by atoms with van der Waals surface area (Å²) >= 11 is 5.95. The third-order valence-corrected chi connectivity index (χ3v) is 3.69. The van der Waals surface area contributed by atoms with Crippen molar-refractivity contribution in [2.75, 3.05) is 23.6 Å². The van der Waals surface area contributed by atoms with Crippen LogP contribution in [0.4, 0.5) is 11.4 Å². The van der Waals surface area contributed by atoms with E-state index in [9.17, 15) is 9.59 Å². The molecule has 24 heavy (non-hydrogen) atoms. The second kappa shape index (κ2) is 6.80. The number of benzene rings is 2. The van der Waals surface area contributed by atoms with Crippen LogP contribution < -0.4 is 19.7 Å². The molecule has 124 valence electrons. The van der Waals surface area contributed by atoms with E-state index >= 15 is 0 Å². The summed E-state index contributed by atoms with van der Waals surface area (Å²) in [5.74, 6) is 0.630. The quantitative estimate of drug-likeness (QED) is 0.923. The van der Waals surface area contributed by atoms with Gasteiger partial charge in [0, 0.05) is 29.4 Å². The van der Waals surface area contributed by atoms with Gasteiger partial charge in [0.1, 0.15) is 6.54 Å². The van der Waals surface area contributed by atoms with E-state index in [1.54, 1.807) is 42.5 Å². The first-order chi connectivity index (χ1) is 11.5. The number of halogens is 1. The predicted octanol–water partition coefficient (Wildman–Crippen LogP) is 3.06. The number of nitrogens with zero attached hydrogens (tertiary/aromatic N) is 1. The number of anilines is 2. The van der Waals surface area contributed by atoms with Gasteiger partial charge in [0.15, 0.2) is 11.5 Å². The fourth-order valence-corrected chi connectivity index (χ4v) is 2.53. The first-order valence-corrected chi connectivity index (χ1v) is 7.64. The summed E-state index contributed by atoms with van der Waals surface area (Å²) in [6.07, 6.45) is 0. The van der Waals surface area contributed by atoms with Gasteiger partial charge in [-0.15, -0.1) is 0 Å². The van der Waals surface area contributed by atoms with Gasteiger partial charge >= 0.3 is 0 Å². The van der Waals surface area contributed by atoms with Gasteiger partial charge in [-0.05, 0) is 30.3 Å².